The zero-order valence-corrected chi connectivity index (χ0v) is 12.6. The predicted octanol–water partition coefficient (Wildman–Crippen LogP) is 4.67. The maximum Gasteiger partial charge on any atom is 0.161 e. The fraction of sp³-hybridized carbons (Fsp3) is 0. The molecule has 0 bridgehead atoms. The van der Waals surface area contributed by atoms with Gasteiger partial charge >= 0.3 is 0 Å². The van der Waals surface area contributed by atoms with Crippen molar-refractivity contribution in [2.24, 2.45) is 0 Å². The van der Waals surface area contributed by atoms with Crippen LogP contribution in [0, 0.1) is 11.6 Å². The summed E-state index contributed by atoms with van der Waals surface area (Å²) < 4.78 is 28.6. The third-order valence-corrected chi connectivity index (χ3v) is 5.21. The molecule has 4 aromatic rings. The first kappa shape index (κ1) is 13.5. The number of para-hydroxylation sites is 1. The molecule has 0 radical (unpaired) electrons. The number of hydrogen-bond donors (Lipinski definition) is 0. The van der Waals surface area contributed by atoms with Crippen molar-refractivity contribution in [3.05, 3.63) is 54.4 Å². The molecule has 0 amide bonds. The van der Waals surface area contributed by atoms with Crippen LogP contribution < -0.4 is 0 Å². The first-order chi connectivity index (χ1) is 10.7. The van der Waals surface area contributed by atoms with E-state index >= 15 is 0 Å². The molecule has 108 valence electrons. The second-order valence-electron chi connectivity index (χ2n) is 4.51. The van der Waals surface area contributed by atoms with E-state index in [0.29, 0.717) is 15.9 Å². The van der Waals surface area contributed by atoms with Crippen LogP contribution in [-0.4, -0.2) is 15.0 Å². The Bertz CT molecular complexity index is 968. The maximum atomic E-state index is 13.5. The highest BCUT2D eigenvalue weighted by atomic mass is 32.2. The molecular formula is C15H7F2N3S2. The van der Waals surface area contributed by atoms with E-state index in [0.717, 1.165) is 26.7 Å². The highest BCUT2D eigenvalue weighted by Crippen LogP contribution is 2.36. The molecule has 2 aromatic heterocycles. The molecule has 22 heavy (non-hydrogen) atoms. The minimum Gasteiger partial charge on any atom is -0.236 e. The van der Waals surface area contributed by atoms with Gasteiger partial charge in [-0.05, 0) is 30.0 Å². The van der Waals surface area contributed by atoms with Crippen LogP contribution in [0.15, 0.2) is 52.1 Å². The Morgan fingerprint density at radius 2 is 1.77 bits per heavy atom. The standard InChI is InChI=1S/C15H7F2N3S2/c16-9-5-8-12(6-10(9)17)18-7-19-14(8)22-15-20-11-3-1-2-4-13(11)21-15/h1-7H. The Morgan fingerprint density at radius 3 is 2.64 bits per heavy atom. The largest absolute Gasteiger partial charge is 0.236 e. The predicted molar refractivity (Wildman–Crippen MR) is 83.2 cm³/mol. The van der Waals surface area contributed by atoms with Crippen molar-refractivity contribution in [3.8, 4) is 0 Å². The average molecular weight is 331 g/mol. The highest BCUT2D eigenvalue weighted by molar-refractivity contribution is 8.01. The fourth-order valence-corrected chi connectivity index (χ4v) is 4.14. The summed E-state index contributed by atoms with van der Waals surface area (Å²) in [4.78, 5) is 12.7. The van der Waals surface area contributed by atoms with E-state index < -0.39 is 11.6 Å². The minimum absolute atomic E-state index is 0.373. The molecule has 3 nitrogen and oxygen atoms in total. The van der Waals surface area contributed by atoms with Gasteiger partial charge in [0, 0.05) is 11.5 Å². The van der Waals surface area contributed by atoms with Gasteiger partial charge in [0.25, 0.3) is 0 Å². The van der Waals surface area contributed by atoms with Crippen molar-refractivity contribution in [2.45, 2.75) is 9.37 Å². The van der Waals surface area contributed by atoms with Crippen molar-refractivity contribution >= 4 is 44.2 Å². The van der Waals surface area contributed by atoms with E-state index in [1.807, 2.05) is 24.3 Å². The summed E-state index contributed by atoms with van der Waals surface area (Å²) >= 11 is 2.86. The van der Waals surface area contributed by atoms with Crippen LogP contribution in [0.5, 0.6) is 0 Å². The lowest BCUT2D eigenvalue weighted by Gasteiger charge is -2.03. The summed E-state index contributed by atoms with van der Waals surface area (Å²) in [5.41, 5.74) is 1.28. The number of halogens is 2. The molecule has 0 atom stereocenters. The van der Waals surface area contributed by atoms with Crippen LogP contribution in [0.25, 0.3) is 21.1 Å². The molecule has 0 spiro atoms. The van der Waals surface area contributed by atoms with Crippen molar-refractivity contribution in [3.63, 3.8) is 0 Å². The van der Waals surface area contributed by atoms with Gasteiger partial charge in [-0.3, -0.25) is 0 Å². The quantitative estimate of drug-likeness (QED) is 0.500. The van der Waals surface area contributed by atoms with Crippen LogP contribution in [0.3, 0.4) is 0 Å². The zero-order chi connectivity index (χ0) is 15.1. The molecule has 0 N–H and O–H groups in total. The molecule has 0 saturated heterocycles. The van der Waals surface area contributed by atoms with Gasteiger partial charge in [-0.1, -0.05) is 12.1 Å². The molecule has 0 aliphatic heterocycles. The van der Waals surface area contributed by atoms with Gasteiger partial charge in [-0.2, -0.15) is 0 Å². The summed E-state index contributed by atoms with van der Waals surface area (Å²) in [6.45, 7) is 0. The van der Waals surface area contributed by atoms with Crippen molar-refractivity contribution in [1.29, 1.82) is 0 Å². The molecule has 2 aromatic carbocycles. The summed E-state index contributed by atoms with van der Waals surface area (Å²) in [6.07, 6.45) is 1.34. The average Bonchev–Trinajstić information content (AvgIpc) is 2.91. The van der Waals surface area contributed by atoms with E-state index in [9.17, 15) is 8.78 Å². The van der Waals surface area contributed by atoms with E-state index in [1.165, 1.54) is 29.4 Å². The Labute approximate surface area is 132 Å². The third kappa shape index (κ3) is 2.32. The second-order valence-corrected chi connectivity index (χ2v) is 6.78. The Morgan fingerprint density at radius 1 is 0.955 bits per heavy atom. The van der Waals surface area contributed by atoms with E-state index in [-0.39, 0.29) is 0 Å². The van der Waals surface area contributed by atoms with Crippen LogP contribution in [-0.2, 0) is 0 Å². The molecular weight excluding hydrogens is 324 g/mol. The maximum absolute atomic E-state index is 13.5. The van der Waals surface area contributed by atoms with Gasteiger partial charge in [-0.25, -0.2) is 23.7 Å². The van der Waals surface area contributed by atoms with Crippen molar-refractivity contribution in [2.75, 3.05) is 0 Å². The SMILES string of the molecule is Fc1cc2ncnc(Sc3nc4ccccc4s3)c2cc1F. The van der Waals surface area contributed by atoms with Crippen molar-refractivity contribution < 1.29 is 8.78 Å². The fourth-order valence-electron chi connectivity index (χ4n) is 2.09. The molecule has 0 unspecified atom stereocenters. The summed E-state index contributed by atoms with van der Waals surface area (Å²) in [5.74, 6) is -1.82. The number of thiazole rings is 1. The molecule has 7 heteroatoms. The molecule has 0 saturated carbocycles. The summed E-state index contributed by atoms with van der Waals surface area (Å²) in [6, 6.07) is 10.0. The van der Waals surface area contributed by atoms with E-state index in [2.05, 4.69) is 15.0 Å². The van der Waals surface area contributed by atoms with Crippen LogP contribution in [0.2, 0.25) is 0 Å². The number of rotatable bonds is 2. The molecule has 2 heterocycles. The summed E-state index contributed by atoms with van der Waals surface area (Å²) in [5, 5.41) is 1.04. The molecule has 0 aliphatic carbocycles. The first-order valence-corrected chi connectivity index (χ1v) is 7.97. The first-order valence-electron chi connectivity index (χ1n) is 6.34. The van der Waals surface area contributed by atoms with Gasteiger partial charge in [0.2, 0.25) is 0 Å². The van der Waals surface area contributed by atoms with Crippen LogP contribution >= 0.6 is 23.1 Å². The van der Waals surface area contributed by atoms with Crippen LogP contribution in [0.1, 0.15) is 0 Å². The number of aromatic nitrogens is 3. The van der Waals surface area contributed by atoms with Gasteiger partial charge in [0.15, 0.2) is 16.0 Å². The number of benzene rings is 2. The lowest BCUT2D eigenvalue weighted by atomic mass is 10.2. The van der Waals surface area contributed by atoms with Gasteiger partial charge < -0.3 is 0 Å². The zero-order valence-electron chi connectivity index (χ0n) is 11.0. The Hall–Kier alpha value is -2.12. The van der Waals surface area contributed by atoms with Crippen molar-refractivity contribution in [1.82, 2.24) is 15.0 Å². The highest BCUT2D eigenvalue weighted by Gasteiger charge is 2.12. The minimum atomic E-state index is -0.915. The Kier molecular flexibility index (Phi) is 3.24. The van der Waals surface area contributed by atoms with E-state index in [4.69, 9.17) is 0 Å². The normalized spacial score (nSPS) is 11.4. The van der Waals surface area contributed by atoms with Gasteiger partial charge in [-0.15, -0.1) is 11.3 Å². The molecule has 4 rings (SSSR count). The molecule has 0 aliphatic rings. The van der Waals surface area contributed by atoms with Gasteiger partial charge in [0.1, 0.15) is 11.4 Å². The third-order valence-electron chi connectivity index (χ3n) is 3.10. The topological polar surface area (TPSA) is 38.7 Å². The monoisotopic (exact) mass is 331 g/mol. The van der Waals surface area contributed by atoms with Gasteiger partial charge in [0.05, 0.1) is 15.7 Å². The number of hydrogen-bond acceptors (Lipinski definition) is 5. The summed E-state index contributed by atoms with van der Waals surface area (Å²) in [7, 11) is 0. The van der Waals surface area contributed by atoms with E-state index in [1.54, 1.807) is 0 Å². The number of nitrogens with zero attached hydrogens (tertiary/aromatic N) is 3. The smallest absolute Gasteiger partial charge is 0.161 e. The Balaban J connectivity index is 1.82. The molecule has 0 fully saturated rings. The second kappa shape index (κ2) is 5.26. The lowest BCUT2D eigenvalue weighted by Crippen LogP contribution is -1.91. The lowest BCUT2D eigenvalue weighted by molar-refractivity contribution is 0.510. The van der Waals surface area contributed by atoms with Crippen LogP contribution in [0.4, 0.5) is 8.78 Å². The number of fused-ring (bicyclic) bond motifs is 2.